The van der Waals surface area contributed by atoms with Gasteiger partial charge in [-0.1, -0.05) is 82.2 Å². The number of unbranched alkanes of at least 4 members (excludes halogenated alkanes) is 7. The highest BCUT2D eigenvalue weighted by Gasteiger charge is 2.53. The van der Waals surface area contributed by atoms with Crippen LogP contribution in [0.25, 0.3) is 10.8 Å². The van der Waals surface area contributed by atoms with Crippen LogP contribution in [0.3, 0.4) is 0 Å². The van der Waals surface area contributed by atoms with Gasteiger partial charge in [0.25, 0.3) is 0 Å². The Morgan fingerprint density at radius 2 is 1.64 bits per heavy atom. The van der Waals surface area contributed by atoms with Gasteiger partial charge in [-0.3, -0.25) is 10.2 Å². The molecule has 1 unspecified atom stereocenters. The van der Waals surface area contributed by atoms with Gasteiger partial charge in [-0.25, -0.2) is 0 Å². The first-order chi connectivity index (χ1) is 15.6. The third-order valence-electron chi connectivity index (χ3n) is 6.64. The van der Waals surface area contributed by atoms with E-state index in [4.69, 9.17) is 0 Å². The minimum atomic E-state index is -4.52. The van der Waals surface area contributed by atoms with Crippen LogP contribution in [0.1, 0.15) is 95.7 Å². The number of carbonyl (C=O) groups excluding carboxylic acids is 1. The molecule has 1 aliphatic heterocycles. The fourth-order valence-electron chi connectivity index (χ4n) is 4.93. The number of hydrazine groups is 1. The van der Waals surface area contributed by atoms with E-state index in [1.54, 1.807) is 26.0 Å². The number of nitrogens with zero attached hydrogens (tertiary/aromatic N) is 1. The molecule has 2 aromatic rings. The average molecular weight is 463 g/mol. The van der Waals surface area contributed by atoms with Crippen molar-refractivity contribution in [2.24, 2.45) is 0 Å². The lowest BCUT2D eigenvalue weighted by molar-refractivity contribution is -0.203. The molecule has 1 saturated heterocycles. The smallest absolute Gasteiger partial charge is 0.287 e. The van der Waals surface area contributed by atoms with Crippen molar-refractivity contribution in [2.45, 2.75) is 103 Å². The Morgan fingerprint density at radius 1 is 1.00 bits per heavy atom. The number of halogens is 3. The lowest BCUT2D eigenvalue weighted by Crippen LogP contribution is -2.51. The monoisotopic (exact) mass is 462 g/mol. The number of nitrogens with one attached hydrogen (secondary N) is 1. The Kier molecular flexibility index (Phi) is 8.43. The summed E-state index contributed by atoms with van der Waals surface area (Å²) in [6.07, 6.45) is 5.78. The fourth-order valence-corrected chi connectivity index (χ4v) is 4.93. The number of aryl methyl sites for hydroxylation is 1. The van der Waals surface area contributed by atoms with E-state index >= 15 is 0 Å². The van der Waals surface area contributed by atoms with Gasteiger partial charge in [0.15, 0.2) is 6.04 Å². The van der Waals surface area contributed by atoms with Crippen molar-refractivity contribution in [1.82, 2.24) is 10.4 Å². The van der Waals surface area contributed by atoms with Gasteiger partial charge in [-0.05, 0) is 54.7 Å². The molecule has 0 bridgehead atoms. The van der Waals surface area contributed by atoms with E-state index in [0.717, 1.165) is 40.6 Å². The molecule has 1 atom stereocenters. The molecule has 1 aliphatic rings. The van der Waals surface area contributed by atoms with Crippen LogP contribution in [0.15, 0.2) is 36.4 Å². The first-order valence-corrected chi connectivity index (χ1v) is 12.3. The third kappa shape index (κ3) is 6.50. The zero-order valence-electron chi connectivity index (χ0n) is 20.1. The lowest BCUT2D eigenvalue weighted by Gasteiger charge is -2.38. The second-order valence-corrected chi connectivity index (χ2v) is 9.96. The predicted octanol–water partition coefficient (Wildman–Crippen LogP) is 7.64. The quantitative estimate of drug-likeness (QED) is 0.348. The van der Waals surface area contributed by atoms with E-state index in [2.05, 4.69) is 12.3 Å². The minimum absolute atomic E-state index is 0.0400. The van der Waals surface area contributed by atoms with E-state index < -0.39 is 17.8 Å². The molecule has 0 aliphatic carbocycles. The van der Waals surface area contributed by atoms with Crippen molar-refractivity contribution < 1.29 is 18.0 Å². The Morgan fingerprint density at radius 3 is 2.24 bits per heavy atom. The van der Waals surface area contributed by atoms with Crippen LogP contribution < -0.4 is 5.43 Å². The summed E-state index contributed by atoms with van der Waals surface area (Å²) in [7, 11) is 0. The van der Waals surface area contributed by atoms with Crippen molar-refractivity contribution in [1.29, 1.82) is 0 Å². The fraction of sp³-hybridized carbons (Fsp3) is 0.593. The Labute approximate surface area is 195 Å². The van der Waals surface area contributed by atoms with Gasteiger partial charge in [0.2, 0.25) is 5.91 Å². The van der Waals surface area contributed by atoms with Gasteiger partial charge >= 0.3 is 6.18 Å². The van der Waals surface area contributed by atoms with Gasteiger partial charge in [-0.15, -0.1) is 0 Å². The molecule has 0 aromatic heterocycles. The predicted molar refractivity (Wildman–Crippen MR) is 128 cm³/mol. The number of carbonyl (C=O) groups is 1. The zero-order valence-corrected chi connectivity index (χ0v) is 20.1. The molecular weight excluding hydrogens is 425 g/mol. The number of amides is 1. The van der Waals surface area contributed by atoms with E-state index in [0.29, 0.717) is 0 Å². The molecule has 0 saturated carbocycles. The highest BCUT2D eigenvalue weighted by molar-refractivity contribution is 5.86. The maximum atomic E-state index is 14.3. The second-order valence-electron chi connectivity index (χ2n) is 9.96. The molecule has 3 nitrogen and oxygen atoms in total. The highest BCUT2D eigenvalue weighted by Crippen LogP contribution is 2.44. The molecule has 2 aromatic carbocycles. The van der Waals surface area contributed by atoms with Crippen LogP contribution >= 0.6 is 0 Å². The summed E-state index contributed by atoms with van der Waals surface area (Å²) < 4.78 is 43.0. The van der Waals surface area contributed by atoms with Gasteiger partial charge < -0.3 is 0 Å². The summed E-state index contributed by atoms with van der Waals surface area (Å²) in [4.78, 5) is 12.0. The van der Waals surface area contributed by atoms with Gasteiger partial charge in [0, 0.05) is 12.0 Å². The third-order valence-corrected chi connectivity index (χ3v) is 6.64. The molecule has 182 valence electrons. The van der Waals surface area contributed by atoms with E-state index in [9.17, 15) is 18.0 Å². The normalized spacial score (nSPS) is 17.5. The molecular formula is C27H37F3N2O. The maximum Gasteiger partial charge on any atom is 0.409 e. The molecule has 3 rings (SSSR count). The lowest BCUT2D eigenvalue weighted by atomic mass is 9.91. The second kappa shape index (κ2) is 10.9. The Bertz CT molecular complexity index is 939. The van der Waals surface area contributed by atoms with Crippen molar-refractivity contribution in [3.8, 4) is 0 Å². The van der Waals surface area contributed by atoms with E-state index in [1.807, 2.05) is 24.3 Å². The standard InChI is InChI=1S/C27H37F3N2O/c1-4-5-6-7-8-9-10-11-14-20-17-22(18-21-15-12-13-16-23(20)21)25(27(28,29)30)32-26(2,3)19-24(33)31-32/h12-13,15-18,25H,4-11,14,19H2,1-3H3,(H,31,33). The SMILES string of the molecule is CCCCCCCCCCc1cc(C(N2NC(=O)CC2(C)C)C(F)(F)F)cc2ccccc12. The number of alkyl halides is 3. The van der Waals surface area contributed by atoms with Crippen LogP contribution in [0.2, 0.25) is 0 Å². The number of hydrogen-bond acceptors (Lipinski definition) is 2. The van der Waals surface area contributed by atoms with E-state index in [-0.39, 0.29) is 17.9 Å². The summed E-state index contributed by atoms with van der Waals surface area (Å²) in [5, 5.41) is 2.91. The molecule has 1 fully saturated rings. The zero-order chi connectivity index (χ0) is 24.1. The molecule has 1 amide bonds. The van der Waals surface area contributed by atoms with Gasteiger partial charge in [0.05, 0.1) is 0 Å². The van der Waals surface area contributed by atoms with Crippen LogP contribution in [-0.4, -0.2) is 22.6 Å². The first kappa shape index (κ1) is 25.5. The van der Waals surface area contributed by atoms with Crippen molar-refractivity contribution in [3.05, 3.63) is 47.5 Å². The number of fused-ring (bicyclic) bond motifs is 1. The minimum Gasteiger partial charge on any atom is -0.287 e. The molecule has 33 heavy (non-hydrogen) atoms. The Balaban J connectivity index is 1.83. The molecule has 0 radical (unpaired) electrons. The van der Waals surface area contributed by atoms with Crippen molar-refractivity contribution in [2.75, 3.05) is 0 Å². The largest absolute Gasteiger partial charge is 0.409 e. The number of rotatable bonds is 11. The van der Waals surface area contributed by atoms with Crippen molar-refractivity contribution in [3.63, 3.8) is 0 Å². The maximum absolute atomic E-state index is 14.3. The molecule has 0 spiro atoms. The molecule has 1 N–H and O–H groups in total. The van der Waals surface area contributed by atoms with Crippen molar-refractivity contribution >= 4 is 16.7 Å². The molecule has 1 heterocycles. The Hall–Kier alpha value is -2.08. The number of hydrogen-bond donors (Lipinski definition) is 1. The summed E-state index contributed by atoms with van der Waals surface area (Å²) in [6, 6.07) is 9.11. The molecule has 6 heteroatoms. The summed E-state index contributed by atoms with van der Waals surface area (Å²) in [5.74, 6) is -0.380. The van der Waals surface area contributed by atoms with Crippen LogP contribution in [0, 0.1) is 0 Å². The van der Waals surface area contributed by atoms with E-state index in [1.165, 1.54) is 38.5 Å². The average Bonchev–Trinajstić information content (AvgIpc) is 3.00. The first-order valence-electron chi connectivity index (χ1n) is 12.3. The van der Waals surface area contributed by atoms with Gasteiger partial charge in [0.1, 0.15) is 0 Å². The number of benzene rings is 2. The van der Waals surface area contributed by atoms with Crippen LogP contribution in [0.5, 0.6) is 0 Å². The summed E-state index contributed by atoms with van der Waals surface area (Å²) in [6.45, 7) is 5.55. The summed E-state index contributed by atoms with van der Waals surface area (Å²) in [5.41, 5.74) is 2.68. The highest BCUT2D eigenvalue weighted by atomic mass is 19.4. The summed E-state index contributed by atoms with van der Waals surface area (Å²) >= 11 is 0. The van der Waals surface area contributed by atoms with Crippen LogP contribution in [-0.2, 0) is 11.2 Å². The topological polar surface area (TPSA) is 32.3 Å². The van der Waals surface area contributed by atoms with Gasteiger partial charge in [-0.2, -0.15) is 18.2 Å². The van der Waals surface area contributed by atoms with Crippen LogP contribution in [0.4, 0.5) is 13.2 Å².